The fraction of sp³-hybridized carbons (Fsp3) is 1.00. The van der Waals surface area contributed by atoms with Crippen molar-refractivity contribution in [2.45, 2.75) is 25.8 Å². The van der Waals surface area contributed by atoms with E-state index in [4.69, 9.17) is 0 Å². The Morgan fingerprint density at radius 1 is 1.47 bits per heavy atom. The summed E-state index contributed by atoms with van der Waals surface area (Å²) in [7, 11) is -0.678. The summed E-state index contributed by atoms with van der Waals surface area (Å²) < 4.78 is 22.4. The molecule has 90 valence electrons. The molecule has 5 heteroatoms. The van der Waals surface area contributed by atoms with E-state index in [0.717, 1.165) is 6.54 Å². The van der Waals surface area contributed by atoms with Crippen molar-refractivity contribution in [3.05, 3.63) is 0 Å². The van der Waals surface area contributed by atoms with Gasteiger partial charge >= 0.3 is 0 Å². The minimum Gasteiger partial charge on any atom is -0.314 e. The van der Waals surface area contributed by atoms with Crippen LogP contribution in [0.2, 0.25) is 0 Å². The highest BCUT2D eigenvalue weighted by molar-refractivity contribution is 7.91. The van der Waals surface area contributed by atoms with Gasteiger partial charge in [0.2, 0.25) is 0 Å². The van der Waals surface area contributed by atoms with Crippen LogP contribution >= 0.6 is 0 Å². The smallest absolute Gasteiger partial charge is 0.151 e. The van der Waals surface area contributed by atoms with Crippen LogP contribution in [-0.4, -0.2) is 57.5 Å². The molecule has 0 saturated carbocycles. The average Bonchev–Trinajstić information content (AvgIpc) is 2.59. The van der Waals surface area contributed by atoms with Gasteiger partial charge in [-0.2, -0.15) is 0 Å². The molecule has 15 heavy (non-hydrogen) atoms. The molecule has 0 aliphatic carbocycles. The molecule has 1 aliphatic heterocycles. The van der Waals surface area contributed by atoms with E-state index in [1.54, 1.807) is 6.92 Å². The molecule has 0 amide bonds. The van der Waals surface area contributed by atoms with Gasteiger partial charge in [0.15, 0.2) is 9.84 Å². The number of nitrogens with zero attached hydrogens (tertiary/aromatic N) is 1. The predicted molar refractivity (Wildman–Crippen MR) is 62.8 cm³/mol. The molecule has 1 atom stereocenters. The molecule has 1 unspecified atom stereocenters. The zero-order valence-corrected chi connectivity index (χ0v) is 10.5. The Morgan fingerprint density at radius 3 is 2.73 bits per heavy atom. The Morgan fingerprint density at radius 2 is 2.20 bits per heavy atom. The van der Waals surface area contributed by atoms with Crippen LogP contribution in [0.25, 0.3) is 0 Å². The van der Waals surface area contributed by atoms with E-state index in [2.05, 4.69) is 17.3 Å². The Bertz CT molecular complexity index is 277. The van der Waals surface area contributed by atoms with Crippen LogP contribution in [0.5, 0.6) is 0 Å². The topological polar surface area (TPSA) is 49.4 Å². The number of nitrogens with one attached hydrogen (secondary N) is 1. The summed E-state index contributed by atoms with van der Waals surface area (Å²) >= 11 is 0. The number of hydrogen-bond donors (Lipinski definition) is 1. The van der Waals surface area contributed by atoms with Gasteiger partial charge in [0.25, 0.3) is 0 Å². The van der Waals surface area contributed by atoms with Gasteiger partial charge in [-0.3, -0.25) is 0 Å². The van der Waals surface area contributed by atoms with E-state index in [0.29, 0.717) is 12.6 Å². The predicted octanol–water partition coefficient (Wildman–Crippen LogP) is 0.105. The second kappa shape index (κ2) is 5.82. The van der Waals surface area contributed by atoms with Gasteiger partial charge in [-0.1, -0.05) is 6.92 Å². The van der Waals surface area contributed by atoms with E-state index >= 15 is 0 Å². The normalized spacial score (nSPS) is 23.5. The summed E-state index contributed by atoms with van der Waals surface area (Å²) in [6.45, 7) is 4.36. The maximum Gasteiger partial charge on any atom is 0.151 e. The zero-order valence-electron chi connectivity index (χ0n) is 9.70. The summed E-state index contributed by atoms with van der Waals surface area (Å²) in [5, 5.41) is 3.23. The number of likely N-dealkylation sites (tertiary alicyclic amines) is 1. The van der Waals surface area contributed by atoms with E-state index in [9.17, 15) is 8.42 Å². The standard InChI is InChI=1S/C10H22N2O2S/c1-3-15(13,14)8-6-11-9-10-5-4-7-12(10)2/h10-11H,3-9H2,1-2H3. The second-order valence-electron chi connectivity index (χ2n) is 4.22. The second-order valence-corrected chi connectivity index (χ2v) is 6.69. The van der Waals surface area contributed by atoms with Crippen LogP contribution in [0.15, 0.2) is 0 Å². The molecule has 1 fully saturated rings. The quantitative estimate of drug-likeness (QED) is 0.663. The molecular weight excluding hydrogens is 212 g/mol. The lowest BCUT2D eigenvalue weighted by molar-refractivity contribution is 0.302. The molecule has 0 bridgehead atoms. The minimum atomic E-state index is -2.80. The molecule has 4 nitrogen and oxygen atoms in total. The molecule has 0 aromatic heterocycles. The molecule has 0 aromatic rings. The monoisotopic (exact) mass is 234 g/mol. The van der Waals surface area contributed by atoms with Crippen molar-refractivity contribution in [3.63, 3.8) is 0 Å². The Balaban J connectivity index is 2.12. The summed E-state index contributed by atoms with van der Waals surface area (Å²) in [5.41, 5.74) is 0. The largest absolute Gasteiger partial charge is 0.314 e. The zero-order chi connectivity index (χ0) is 11.3. The first-order valence-corrected chi connectivity index (χ1v) is 7.48. The fourth-order valence-corrected chi connectivity index (χ4v) is 2.62. The fourth-order valence-electron chi connectivity index (χ4n) is 1.88. The summed E-state index contributed by atoms with van der Waals surface area (Å²) in [6, 6.07) is 0.592. The van der Waals surface area contributed by atoms with Crippen LogP contribution in [-0.2, 0) is 9.84 Å². The van der Waals surface area contributed by atoms with Crippen LogP contribution in [0.3, 0.4) is 0 Å². The van der Waals surface area contributed by atoms with Gasteiger partial charge in [0, 0.05) is 24.9 Å². The summed E-state index contributed by atoms with van der Waals surface area (Å²) in [5.74, 6) is 0.512. The third-order valence-corrected chi connectivity index (χ3v) is 4.79. The highest BCUT2D eigenvalue weighted by Gasteiger charge is 2.20. The minimum absolute atomic E-state index is 0.248. The molecule has 0 radical (unpaired) electrons. The lowest BCUT2D eigenvalue weighted by Gasteiger charge is -2.19. The average molecular weight is 234 g/mol. The summed E-state index contributed by atoms with van der Waals surface area (Å²) in [6.07, 6.45) is 2.49. The van der Waals surface area contributed by atoms with Gasteiger partial charge in [0.1, 0.15) is 0 Å². The van der Waals surface area contributed by atoms with Crippen molar-refractivity contribution in [1.29, 1.82) is 0 Å². The van der Waals surface area contributed by atoms with Gasteiger partial charge in [-0.15, -0.1) is 0 Å². The third-order valence-electron chi connectivity index (χ3n) is 3.08. The number of rotatable bonds is 6. The van der Waals surface area contributed by atoms with Crippen molar-refractivity contribution < 1.29 is 8.42 Å². The van der Waals surface area contributed by atoms with E-state index in [1.165, 1.54) is 19.4 Å². The highest BCUT2D eigenvalue weighted by Crippen LogP contribution is 2.13. The van der Waals surface area contributed by atoms with Crippen LogP contribution in [0, 0.1) is 0 Å². The molecule has 1 heterocycles. The lowest BCUT2D eigenvalue weighted by Crippen LogP contribution is -2.37. The van der Waals surface area contributed by atoms with Crippen molar-refractivity contribution in [1.82, 2.24) is 10.2 Å². The Kier molecular flexibility index (Phi) is 5.02. The molecule has 0 aromatic carbocycles. The Labute approximate surface area is 93.0 Å². The molecule has 1 aliphatic rings. The van der Waals surface area contributed by atoms with Crippen LogP contribution in [0.4, 0.5) is 0 Å². The number of hydrogen-bond acceptors (Lipinski definition) is 4. The molecular formula is C10H22N2O2S. The first-order valence-electron chi connectivity index (χ1n) is 5.66. The van der Waals surface area contributed by atoms with E-state index in [1.807, 2.05) is 0 Å². The maximum absolute atomic E-state index is 11.2. The SMILES string of the molecule is CCS(=O)(=O)CCNCC1CCCN1C. The van der Waals surface area contributed by atoms with E-state index < -0.39 is 9.84 Å². The van der Waals surface area contributed by atoms with Gasteiger partial charge in [-0.05, 0) is 26.4 Å². The van der Waals surface area contributed by atoms with Gasteiger partial charge in [-0.25, -0.2) is 8.42 Å². The molecule has 0 spiro atoms. The van der Waals surface area contributed by atoms with Crippen molar-refractivity contribution in [3.8, 4) is 0 Å². The van der Waals surface area contributed by atoms with E-state index in [-0.39, 0.29) is 11.5 Å². The van der Waals surface area contributed by atoms with Gasteiger partial charge in [0.05, 0.1) is 5.75 Å². The summed E-state index contributed by atoms with van der Waals surface area (Å²) in [4.78, 5) is 2.33. The third kappa shape index (κ3) is 4.49. The maximum atomic E-state index is 11.2. The number of likely N-dealkylation sites (N-methyl/N-ethyl adjacent to an activating group) is 1. The lowest BCUT2D eigenvalue weighted by atomic mass is 10.2. The first kappa shape index (κ1) is 12.9. The number of sulfone groups is 1. The molecule has 1 saturated heterocycles. The van der Waals surface area contributed by atoms with Crippen LogP contribution < -0.4 is 5.32 Å². The Hall–Kier alpha value is -0.130. The molecule has 1 rings (SSSR count). The van der Waals surface area contributed by atoms with Gasteiger partial charge < -0.3 is 10.2 Å². The highest BCUT2D eigenvalue weighted by atomic mass is 32.2. The molecule has 1 N–H and O–H groups in total. The first-order chi connectivity index (χ1) is 7.05. The van der Waals surface area contributed by atoms with Crippen molar-refractivity contribution in [2.24, 2.45) is 0 Å². The van der Waals surface area contributed by atoms with Crippen LogP contribution in [0.1, 0.15) is 19.8 Å². The van der Waals surface area contributed by atoms with Crippen molar-refractivity contribution in [2.75, 3.05) is 38.2 Å². The van der Waals surface area contributed by atoms with Crippen molar-refractivity contribution >= 4 is 9.84 Å².